The third kappa shape index (κ3) is 3.14. The highest BCUT2D eigenvalue weighted by molar-refractivity contribution is 5.96. The van der Waals surface area contributed by atoms with Gasteiger partial charge in [0.1, 0.15) is 0 Å². The monoisotopic (exact) mass is 234 g/mol. The van der Waals surface area contributed by atoms with Crippen LogP contribution in [0, 0.1) is 0 Å². The van der Waals surface area contributed by atoms with Gasteiger partial charge < -0.3 is 9.47 Å². The van der Waals surface area contributed by atoms with Gasteiger partial charge >= 0.3 is 0 Å². The van der Waals surface area contributed by atoms with Gasteiger partial charge in [0, 0.05) is 5.56 Å². The van der Waals surface area contributed by atoms with Crippen molar-refractivity contribution in [1.82, 2.24) is 0 Å². The maximum atomic E-state index is 11.9. The Morgan fingerprint density at radius 1 is 1.24 bits per heavy atom. The fraction of sp³-hybridized carbons (Fsp3) is 0.500. The lowest BCUT2D eigenvalue weighted by atomic mass is 10.00. The summed E-state index contributed by atoms with van der Waals surface area (Å²) in [5, 5.41) is 0. The third-order valence-corrected chi connectivity index (χ3v) is 2.94. The standard InChI is InChI=1S/C14H18O3/c1-10(2)11-3-5-12(6-4-11)13(15)9-14-16-7-8-17-14/h3-6,10,14H,7-9H2,1-2H3. The van der Waals surface area contributed by atoms with Crippen molar-refractivity contribution in [3.05, 3.63) is 35.4 Å². The molecule has 1 aromatic rings. The lowest BCUT2D eigenvalue weighted by Gasteiger charge is -2.09. The van der Waals surface area contributed by atoms with E-state index >= 15 is 0 Å². The van der Waals surface area contributed by atoms with Gasteiger partial charge in [-0.3, -0.25) is 4.79 Å². The SMILES string of the molecule is CC(C)c1ccc(C(=O)CC2OCCO2)cc1. The van der Waals surface area contributed by atoms with Crippen molar-refractivity contribution in [3.63, 3.8) is 0 Å². The molecule has 0 amide bonds. The zero-order valence-electron chi connectivity index (χ0n) is 10.3. The van der Waals surface area contributed by atoms with Gasteiger partial charge in [-0.1, -0.05) is 38.1 Å². The lowest BCUT2D eigenvalue weighted by molar-refractivity contribution is -0.0407. The Balaban J connectivity index is 1.98. The summed E-state index contributed by atoms with van der Waals surface area (Å²) in [4.78, 5) is 11.9. The predicted molar refractivity (Wildman–Crippen MR) is 65.2 cm³/mol. The molecule has 0 N–H and O–H groups in total. The molecule has 1 aliphatic rings. The van der Waals surface area contributed by atoms with E-state index in [0.29, 0.717) is 25.6 Å². The summed E-state index contributed by atoms with van der Waals surface area (Å²) in [7, 11) is 0. The van der Waals surface area contributed by atoms with Crippen LogP contribution >= 0.6 is 0 Å². The van der Waals surface area contributed by atoms with Crippen LogP contribution in [0.5, 0.6) is 0 Å². The molecule has 92 valence electrons. The second-order valence-electron chi connectivity index (χ2n) is 4.58. The molecule has 0 spiro atoms. The van der Waals surface area contributed by atoms with Crippen LogP contribution in [0.4, 0.5) is 0 Å². The molecule has 0 bridgehead atoms. The summed E-state index contributed by atoms with van der Waals surface area (Å²) in [5.74, 6) is 0.563. The Bertz CT molecular complexity index is 375. The summed E-state index contributed by atoms with van der Waals surface area (Å²) >= 11 is 0. The maximum Gasteiger partial charge on any atom is 0.167 e. The smallest absolute Gasteiger partial charge is 0.167 e. The number of ketones is 1. The van der Waals surface area contributed by atoms with Crippen LogP contribution in [0.3, 0.4) is 0 Å². The Morgan fingerprint density at radius 3 is 2.35 bits per heavy atom. The molecule has 1 heterocycles. The summed E-state index contributed by atoms with van der Waals surface area (Å²) < 4.78 is 10.5. The van der Waals surface area contributed by atoms with E-state index in [1.54, 1.807) is 0 Å². The van der Waals surface area contributed by atoms with E-state index in [4.69, 9.17) is 9.47 Å². The fourth-order valence-electron chi connectivity index (χ4n) is 1.85. The zero-order chi connectivity index (χ0) is 12.3. The second kappa shape index (κ2) is 5.43. The van der Waals surface area contributed by atoms with Crippen molar-refractivity contribution in [2.24, 2.45) is 0 Å². The van der Waals surface area contributed by atoms with Crippen molar-refractivity contribution in [3.8, 4) is 0 Å². The molecule has 3 nitrogen and oxygen atoms in total. The molecule has 0 aliphatic carbocycles. The Morgan fingerprint density at radius 2 is 1.82 bits per heavy atom. The summed E-state index contributed by atoms with van der Waals surface area (Å²) in [6, 6.07) is 7.78. The van der Waals surface area contributed by atoms with E-state index in [1.165, 1.54) is 5.56 Å². The molecule has 0 aromatic heterocycles. The molecule has 1 aromatic carbocycles. The summed E-state index contributed by atoms with van der Waals surface area (Å²) in [6.45, 7) is 5.45. The van der Waals surface area contributed by atoms with Gasteiger partial charge in [0.15, 0.2) is 12.1 Å². The van der Waals surface area contributed by atoms with Gasteiger partial charge in [0.05, 0.1) is 19.6 Å². The number of hydrogen-bond acceptors (Lipinski definition) is 3. The van der Waals surface area contributed by atoms with Crippen LogP contribution in [0.2, 0.25) is 0 Å². The minimum Gasteiger partial charge on any atom is -0.350 e. The van der Waals surface area contributed by atoms with Crippen molar-refractivity contribution in [1.29, 1.82) is 0 Å². The number of Topliss-reactive ketones (excluding diaryl/α,β-unsaturated/α-hetero) is 1. The van der Waals surface area contributed by atoms with E-state index in [2.05, 4.69) is 13.8 Å². The molecule has 2 rings (SSSR count). The number of hydrogen-bond donors (Lipinski definition) is 0. The highest BCUT2D eigenvalue weighted by atomic mass is 16.7. The number of rotatable bonds is 4. The number of ether oxygens (including phenoxy) is 2. The number of carbonyl (C=O) groups is 1. The Labute approximate surface area is 102 Å². The molecular formula is C14H18O3. The molecule has 0 radical (unpaired) electrons. The first-order chi connectivity index (χ1) is 8.16. The van der Waals surface area contributed by atoms with Crippen molar-refractivity contribution < 1.29 is 14.3 Å². The largest absolute Gasteiger partial charge is 0.350 e. The van der Waals surface area contributed by atoms with Crippen molar-refractivity contribution in [2.45, 2.75) is 32.5 Å². The van der Waals surface area contributed by atoms with E-state index in [0.717, 1.165) is 5.56 Å². The van der Waals surface area contributed by atoms with Crippen LogP contribution in [0.25, 0.3) is 0 Å². The number of benzene rings is 1. The average molecular weight is 234 g/mol. The predicted octanol–water partition coefficient (Wildman–Crippen LogP) is 2.76. The minimum absolute atomic E-state index is 0.0761. The first-order valence-electron chi connectivity index (χ1n) is 6.03. The average Bonchev–Trinajstić information content (AvgIpc) is 2.82. The number of carbonyl (C=O) groups excluding carboxylic acids is 1. The molecule has 1 fully saturated rings. The van der Waals surface area contributed by atoms with E-state index in [1.807, 2.05) is 24.3 Å². The second-order valence-corrected chi connectivity index (χ2v) is 4.58. The minimum atomic E-state index is -0.354. The van der Waals surface area contributed by atoms with E-state index < -0.39 is 0 Å². The summed E-state index contributed by atoms with van der Waals surface area (Å²) in [5.41, 5.74) is 1.98. The fourth-order valence-corrected chi connectivity index (χ4v) is 1.85. The molecule has 0 unspecified atom stereocenters. The Kier molecular flexibility index (Phi) is 3.92. The third-order valence-electron chi connectivity index (χ3n) is 2.94. The first kappa shape index (κ1) is 12.3. The first-order valence-corrected chi connectivity index (χ1v) is 6.03. The molecule has 0 atom stereocenters. The highest BCUT2D eigenvalue weighted by Crippen LogP contribution is 2.17. The van der Waals surface area contributed by atoms with Crippen molar-refractivity contribution >= 4 is 5.78 Å². The Hall–Kier alpha value is -1.19. The quantitative estimate of drug-likeness (QED) is 0.751. The van der Waals surface area contributed by atoms with Gasteiger partial charge in [-0.25, -0.2) is 0 Å². The topological polar surface area (TPSA) is 35.5 Å². The normalized spacial score (nSPS) is 16.6. The molecule has 17 heavy (non-hydrogen) atoms. The van der Waals surface area contributed by atoms with Gasteiger partial charge in [0.2, 0.25) is 0 Å². The molecule has 0 saturated carbocycles. The van der Waals surface area contributed by atoms with Gasteiger partial charge in [-0.15, -0.1) is 0 Å². The molecular weight excluding hydrogens is 216 g/mol. The zero-order valence-corrected chi connectivity index (χ0v) is 10.3. The van der Waals surface area contributed by atoms with E-state index in [-0.39, 0.29) is 12.1 Å². The van der Waals surface area contributed by atoms with Crippen LogP contribution < -0.4 is 0 Å². The van der Waals surface area contributed by atoms with Gasteiger partial charge in [-0.2, -0.15) is 0 Å². The molecule has 1 saturated heterocycles. The maximum absolute atomic E-state index is 11.9. The van der Waals surface area contributed by atoms with Crippen LogP contribution in [-0.4, -0.2) is 25.3 Å². The van der Waals surface area contributed by atoms with Crippen LogP contribution in [0.15, 0.2) is 24.3 Å². The van der Waals surface area contributed by atoms with Gasteiger partial charge in [-0.05, 0) is 11.5 Å². The summed E-state index contributed by atoms with van der Waals surface area (Å²) in [6.07, 6.45) is -0.0478. The highest BCUT2D eigenvalue weighted by Gasteiger charge is 2.20. The lowest BCUT2D eigenvalue weighted by Crippen LogP contribution is -2.14. The van der Waals surface area contributed by atoms with E-state index in [9.17, 15) is 4.79 Å². The molecule has 3 heteroatoms. The van der Waals surface area contributed by atoms with Crippen LogP contribution in [0.1, 0.15) is 42.1 Å². The van der Waals surface area contributed by atoms with Crippen molar-refractivity contribution in [2.75, 3.05) is 13.2 Å². The van der Waals surface area contributed by atoms with Crippen LogP contribution in [-0.2, 0) is 9.47 Å². The molecule has 1 aliphatic heterocycles. The van der Waals surface area contributed by atoms with Gasteiger partial charge in [0.25, 0.3) is 0 Å².